The molecule has 12 heavy (non-hydrogen) atoms. The molecule has 0 saturated carbocycles. The summed E-state index contributed by atoms with van der Waals surface area (Å²) in [6, 6.07) is 5.41. The van der Waals surface area contributed by atoms with E-state index in [4.69, 9.17) is 5.73 Å². The Balaban J connectivity index is 2.61. The van der Waals surface area contributed by atoms with Crippen LogP contribution in [-0.4, -0.2) is 10.9 Å². The number of carbonyl (C=O) groups excluding carboxylic acids is 1. The van der Waals surface area contributed by atoms with Gasteiger partial charge in [-0.3, -0.25) is 4.79 Å². The largest absolute Gasteiger partial charge is 0.369 e. The molecule has 1 heterocycles. The molecule has 0 radical (unpaired) electrons. The highest BCUT2D eigenvalue weighted by molar-refractivity contribution is 5.76. The maximum Gasteiger partial charge on any atom is 0.229 e. The molecular weight excluding hydrogens is 152 g/mol. The monoisotopic (exact) mass is 160 g/mol. The van der Waals surface area contributed by atoms with E-state index in [2.05, 4.69) is 16.8 Å². The van der Waals surface area contributed by atoms with Crippen molar-refractivity contribution in [1.29, 1.82) is 0 Å². The van der Waals surface area contributed by atoms with E-state index < -0.39 is 5.91 Å². The highest BCUT2D eigenvalue weighted by atomic mass is 16.1. The average molecular weight is 160 g/mol. The van der Waals surface area contributed by atoms with Crippen LogP contribution in [0.1, 0.15) is 12.1 Å². The SMILES string of the molecule is NC(=O)CC#Cc1ccccn1. The summed E-state index contributed by atoms with van der Waals surface area (Å²) >= 11 is 0. The van der Waals surface area contributed by atoms with Crippen molar-refractivity contribution in [3.8, 4) is 11.8 Å². The van der Waals surface area contributed by atoms with Gasteiger partial charge in [0.2, 0.25) is 5.91 Å². The van der Waals surface area contributed by atoms with Gasteiger partial charge < -0.3 is 5.73 Å². The Morgan fingerprint density at radius 1 is 1.58 bits per heavy atom. The zero-order chi connectivity index (χ0) is 8.81. The molecule has 0 atom stereocenters. The molecule has 0 unspecified atom stereocenters. The molecule has 0 aromatic carbocycles. The topological polar surface area (TPSA) is 56.0 Å². The molecule has 0 aliphatic rings. The van der Waals surface area contributed by atoms with E-state index in [0.29, 0.717) is 5.69 Å². The van der Waals surface area contributed by atoms with Gasteiger partial charge in [0, 0.05) is 6.20 Å². The van der Waals surface area contributed by atoms with Crippen molar-refractivity contribution in [2.24, 2.45) is 5.73 Å². The van der Waals surface area contributed by atoms with E-state index in [1.54, 1.807) is 18.3 Å². The Hall–Kier alpha value is -1.82. The second-order valence-electron chi connectivity index (χ2n) is 2.16. The van der Waals surface area contributed by atoms with Gasteiger partial charge in [-0.1, -0.05) is 12.0 Å². The number of aromatic nitrogens is 1. The predicted octanol–water partition coefficient (Wildman–Crippen LogP) is 0.309. The van der Waals surface area contributed by atoms with Gasteiger partial charge >= 0.3 is 0 Å². The number of pyridine rings is 1. The van der Waals surface area contributed by atoms with Crippen LogP contribution in [0.3, 0.4) is 0 Å². The molecule has 0 aliphatic carbocycles. The quantitative estimate of drug-likeness (QED) is 0.601. The molecule has 3 heteroatoms. The van der Waals surface area contributed by atoms with Gasteiger partial charge in [0.25, 0.3) is 0 Å². The zero-order valence-corrected chi connectivity index (χ0v) is 6.45. The summed E-state index contributed by atoms with van der Waals surface area (Å²) in [7, 11) is 0. The summed E-state index contributed by atoms with van der Waals surface area (Å²) in [5.74, 6) is 4.91. The van der Waals surface area contributed by atoms with E-state index in [1.807, 2.05) is 6.07 Å². The fourth-order valence-corrected chi connectivity index (χ4v) is 0.659. The summed E-state index contributed by atoms with van der Waals surface area (Å²) in [6.45, 7) is 0. The molecule has 0 spiro atoms. The maximum atomic E-state index is 10.3. The van der Waals surface area contributed by atoms with Crippen LogP contribution in [0.2, 0.25) is 0 Å². The third kappa shape index (κ3) is 2.84. The van der Waals surface area contributed by atoms with Gasteiger partial charge in [-0.2, -0.15) is 0 Å². The molecular formula is C9H8N2O. The smallest absolute Gasteiger partial charge is 0.229 e. The number of carbonyl (C=O) groups is 1. The first-order chi connectivity index (χ1) is 5.79. The lowest BCUT2D eigenvalue weighted by Gasteiger charge is -1.84. The van der Waals surface area contributed by atoms with Crippen molar-refractivity contribution in [1.82, 2.24) is 4.98 Å². The van der Waals surface area contributed by atoms with Crippen molar-refractivity contribution in [2.45, 2.75) is 6.42 Å². The summed E-state index contributed by atoms with van der Waals surface area (Å²) < 4.78 is 0. The molecule has 60 valence electrons. The molecule has 0 saturated heterocycles. The lowest BCUT2D eigenvalue weighted by Crippen LogP contribution is -2.08. The Morgan fingerprint density at radius 3 is 3.00 bits per heavy atom. The first-order valence-corrected chi connectivity index (χ1v) is 3.47. The van der Waals surface area contributed by atoms with Crippen LogP contribution in [0, 0.1) is 11.8 Å². The molecule has 1 amide bonds. The van der Waals surface area contributed by atoms with Gasteiger partial charge in [0.15, 0.2) is 0 Å². The molecule has 2 N–H and O–H groups in total. The van der Waals surface area contributed by atoms with Crippen LogP contribution in [0.25, 0.3) is 0 Å². The molecule has 1 aromatic rings. The second-order valence-corrected chi connectivity index (χ2v) is 2.16. The Morgan fingerprint density at radius 2 is 2.42 bits per heavy atom. The maximum absolute atomic E-state index is 10.3. The molecule has 1 rings (SSSR count). The number of hydrogen-bond donors (Lipinski definition) is 1. The molecule has 1 aromatic heterocycles. The zero-order valence-electron chi connectivity index (χ0n) is 6.45. The van der Waals surface area contributed by atoms with E-state index in [1.165, 1.54) is 0 Å². The van der Waals surface area contributed by atoms with Gasteiger partial charge in [-0.05, 0) is 18.1 Å². The van der Waals surface area contributed by atoms with Crippen LogP contribution in [0.4, 0.5) is 0 Å². The number of nitrogens with zero attached hydrogens (tertiary/aromatic N) is 1. The Bertz CT molecular complexity index is 321. The minimum Gasteiger partial charge on any atom is -0.369 e. The minimum absolute atomic E-state index is 0.0799. The van der Waals surface area contributed by atoms with Crippen LogP contribution < -0.4 is 5.73 Å². The van der Waals surface area contributed by atoms with Gasteiger partial charge in [0.05, 0.1) is 6.42 Å². The van der Waals surface area contributed by atoms with E-state index in [0.717, 1.165) is 0 Å². The Kier molecular flexibility index (Phi) is 2.86. The highest BCUT2D eigenvalue weighted by Crippen LogP contribution is 1.89. The number of nitrogens with two attached hydrogens (primary N) is 1. The third-order valence-electron chi connectivity index (χ3n) is 1.14. The minimum atomic E-state index is -0.418. The van der Waals surface area contributed by atoms with Crippen molar-refractivity contribution in [3.05, 3.63) is 30.1 Å². The highest BCUT2D eigenvalue weighted by Gasteiger charge is 1.86. The first kappa shape index (κ1) is 8.28. The summed E-state index contributed by atoms with van der Waals surface area (Å²) in [4.78, 5) is 14.2. The number of primary amides is 1. The van der Waals surface area contributed by atoms with E-state index in [-0.39, 0.29) is 6.42 Å². The van der Waals surface area contributed by atoms with E-state index in [9.17, 15) is 4.79 Å². The van der Waals surface area contributed by atoms with E-state index >= 15 is 0 Å². The number of rotatable bonds is 1. The van der Waals surface area contributed by atoms with Crippen molar-refractivity contribution < 1.29 is 4.79 Å². The van der Waals surface area contributed by atoms with Gasteiger partial charge in [0.1, 0.15) is 5.69 Å². The summed E-state index contributed by atoms with van der Waals surface area (Å²) in [6.07, 6.45) is 1.73. The molecule has 0 bridgehead atoms. The molecule has 3 nitrogen and oxygen atoms in total. The lowest BCUT2D eigenvalue weighted by molar-refractivity contribution is -0.117. The van der Waals surface area contributed by atoms with Crippen LogP contribution in [0.5, 0.6) is 0 Å². The fraction of sp³-hybridized carbons (Fsp3) is 0.111. The Labute approximate surface area is 70.6 Å². The van der Waals surface area contributed by atoms with Gasteiger partial charge in [-0.25, -0.2) is 4.98 Å². The molecule has 0 aliphatic heterocycles. The predicted molar refractivity (Wildman–Crippen MR) is 44.9 cm³/mol. The standard InChI is InChI=1S/C9H8N2O/c10-9(12)6-3-5-8-4-1-2-7-11-8/h1-2,4,7H,6H2,(H2,10,12). The first-order valence-electron chi connectivity index (χ1n) is 3.47. The van der Waals surface area contributed by atoms with Crippen molar-refractivity contribution >= 4 is 5.91 Å². The fourth-order valence-electron chi connectivity index (χ4n) is 0.659. The lowest BCUT2D eigenvalue weighted by atomic mass is 10.3. The number of amides is 1. The van der Waals surface area contributed by atoms with Crippen molar-refractivity contribution in [3.63, 3.8) is 0 Å². The van der Waals surface area contributed by atoms with Crippen LogP contribution in [-0.2, 0) is 4.79 Å². The third-order valence-corrected chi connectivity index (χ3v) is 1.14. The van der Waals surface area contributed by atoms with Crippen molar-refractivity contribution in [2.75, 3.05) is 0 Å². The average Bonchev–Trinajstić information content (AvgIpc) is 2.05. The van der Waals surface area contributed by atoms with Gasteiger partial charge in [-0.15, -0.1) is 0 Å². The second kappa shape index (κ2) is 4.14. The van der Waals surface area contributed by atoms with Crippen LogP contribution >= 0.6 is 0 Å². The summed E-state index contributed by atoms with van der Waals surface area (Å²) in [5.41, 5.74) is 5.55. The van der Waals surface area contributed by atoms with Crippen LogP contribution in [0.15, 0.2) is 24.4 Å². The molecule has 0 fully saturated rings. The number of hydrogen-bond acceptors (Lipinski definition) is 2. The normalized spacial score (nSPS) is 8.33. The summed E-state index contributed by atoms with van der Waals surface area (Å²) in [5, 5.41) is 0.